The Bertz CT molecular complexity index is 815. The minimum absolute atomic E-state index is 0.153. The zero-order chi connectivity index (χ0) is 17.3. The van der Waals surface area contributed by atoms with Crippen LogP contribution in [-0.2, 0) is 4.79 Å². The first kappa shape index (κ1) is 15.9. The molecule has 1 unspecified atom stereocenters. The van der Waals surface area contributed by atoms with Crippen LogP contribution in [0.5, 0.6) is 11.5 Å². The van der Waals surface area contributed by atoms with E-state index in [4.69, 9.17) is 9.47 Å². The number of nitrogens with one attached hydrogen (secondary N) is 1. The van der Waals surface area contributed by atoms with Crippen LogP contribution in [0.1, 0.15) is 33.8 Å². The van der Waals surface area contributed by atoms with Crippen molar-refractivity contribution in [2.24, 2.45) is 0 Å². The number of anilines is 1. The first-order chi connectivity index (χ1) is 11.5. The summed E-state index contributed by atoms with van der Waals surface area (Å²) in [6.45, 7) is 0. The summed E-state index contributed by atoms with van der Waals surface area (Å²) in [6, 6.07) is 10.2. The molecule has 6 nitrogen and oxygen atoms in total. The van der Waals surface area contributed by atoms with Gasteiger partial charge in [-0.25, -0.2) is 4.79 Å². The van der Waals surface area contributed by atoms with Crippen LogP contribution in [0.3, 0.4) is 0 Å². The summed E-state index contributed by atoms with van der Waals surface area (Å²) in [5, 5.41) is 12.3. The number of fused-ring (bicyclic) bond motifs is 1. The van der Waals surface area contributed by atoms with Crippen molar-refractivity contribution in [3.63, 3.8) is 0 Å². The second kappa shape index (κ2) is 6.23. The van der Waals surface area contributed by atoms with Gasteiger partial charge in [0.25, 0.3) is 0 Å². The molecule has 0 aliphatic carbocycles. The third-order valence-corrected chi connectivity index (χ3v) is 4.15. The lowest BCUT2D eigenvalue weighted by molar-refractivity contribution is -0.116. The zero-order valence-corrected chi connectivity index (χ0v) is 13.3. The molecular formula is C18H17NO5. The molecule has 6 heteroatoms. The lowest BCUT2D eigenvalue weighted by Crippen LogP contribution is -2.25. The van der Waals surface area contributed by atoms with Crippen LogP contribution in [0, 0.1) is 0 Å². The first-order valence-corrected chi connectivity index (χ1v) is 7.43. The summed E-state index contributed by atoms with van der Waals surface area (Å²) < 4.78 is 10.7. The summed E-state index contributed by atoms with van der Waals surface area (Å²) in [6.07, 6.45) is 0.153. The van der Waals surface area contributed by atoms with Gasteiger partial charge in [0.05, 0.1) is 25.5 Å². The fourth-order valence-corrected chi connectivity index (χ4v) is 3.10. The molecule has 1 aliphatic rings. The standard InChI is InChI=1S/C18H17NO5/c1-23-10-7-14-17(15(8-10)24-2)13(9-16(20)19-14)11-5-3-4-6-12(11)18(21)22/h3-8,13H,9H2,1-2H3,(H,19,20)(H,21,22). The van der Waals surface area contributed by atoms with E-state index in [1.54, 1.807) is 36.4 Å². The van der Waals surface area contributed by atoms with Gasteiger partial charge in [-0.05, 0) is 11.6 Å². The van der Waals surface area contributed by atoms with Crippen LogP contribution >= 0.6 is 0 Å². The Morgan fingerprint density at radius 3 is 2.62 bits per heavy atom. The molecule has 2 aromatic rings. The van der Waals surface area contributed by atoms with Gasteiger partial charge in [-0.3, -0.25) is 4.79 Å². The number of carboxylic acid groups (broad SMARTS) is 1. The number of amides is 1. The van der Waals surface area contributed by atoms with E-state index < -0.39 is 11.9 Å². The number of benzene rings is 2. The molecule has 1 atom stereocenters. The topological polar surface area (TPSA) is 84.9 Å². The maximum atomic E-state index is 12.1. The molecule has 3 rings (SSSR count). The van der Waals surface area contributed by atoms with Gasteiger partial charge >= 0.3 is 5.97 Å². The molecule has 0 radical (unpaired) electrons. The van der Waals surface area contributed by atoms with Gasteiger partial charge in [0, 0.05) is 30.0 Å². The third-order valence-electron chi connectivity index (χ3n) is 4.15. The summed E-state index contributed by atoms with van der Waals surface area (Å²) in [5.41, 5.74) is 2.10. The molecular weight excluding hydrogens is 310 g/mol. The molecule has 0 fully saturated rings. The number of hydrogen-bond donors (Lipinski definition) is 2. The molecule has 0 spiro atoms. The largest absolute Gasteiger partial charge is 0.497 e. The Kier molecular flexibility index (Phi) is 4.12. The maximum absolute atomic E-state index is 12.1. The molecule has 1 amide bonds. The van der Waals surface area contributed by atoms with Gasteiger partial charge in [0.1, 0.15) is 11.5 Å². The minimum Gasteiger partial charge on any atom is -0.497 e. The lowest BCUT2D eigenvalue weighted by Gasteiger charge is -2.29. The van der Waals surface area contributed by atoms with Gasteiger partial charge in [0.2, 0.25) is 5.91 Å². The Morgan fingerprint density at radius 2 is 1.96 bits per heavy atom. The number of ether oxygens (including phenoxy) is 2. The molecule has 0 saturated carbocycles. The number of carbonyl (C=O) groups excluding carboxylic acids is 1. The van der Waals surface area contributed by atoms with Gasteiger partial charge in [-0.15, -0.1) is 0 Å². The van der Waals surface area contributed by atoms with E-state index in [2.05, 4.69) is 5.32 Å². The summed E-state index contributed by atoms with van der Waals surface area (Å²) in [4.78, 5) is 23.7. The molecule has 1 aliphatic heterocycles. The quantitative estimate of drug-likeness (QED) is 0.902. The predicted molar refractivity (Wildman–Crippen MR) is 88.0 cm³/mol. The highest BCUT2D eigenvalue weighted by Crippen LogP contribution is 2.45. The van der Waals surface area contributed by atoms with Gasteiger partial charge in [0.15, 0.2) is 0 Å². The van der Waals surface area contributed by atoms with Crippen LogP contribution in [0.15, 0.2) is 36.4 Å². The first-order valence-electron chi connectivity index (χ1n) is 7.43. The maximum Gasteiger partial charge on any atom is 0.335 e. The second-order valence-electron chi connectivity index (χ2n) is 5.49. The number of rotatable bonds is 4. The number of aromatic carboxylic acids is 1. The SMILES string of the molecule is COc1cc2c(c(OC)c1)C(c1ccccc1C(=O)O)CC(=O)N2. The fraction of sp³-hybridized carbons (Fsp3) is 0.222. The van der Waals surface area contributed by atoms with E-state index in [1.807, 2.05) is 0 Å². The summed E-state index contributed by atoms with van der Waals surface area (Å²) in [7, 11) is 3.06. The molecule has 0 aromatic heterocycles. The number of carbonyl (C=O) groups is 2. The number of methoxy groups -OCH3 is 2. The monoisotopic (exact) mass is 327 g/mol. The highest BCUT2D eigenvalue weighted by Gasteiger charge is 2.32. The Balaban J connectivity index is 2.23. The smallest absolute Gasteiger partial charge is 0.335 e. The van der Waals surface area contributed by atoms with Crippen molar-refractivity contribution in [2.45, 2.75) is 12.3 Å². The molecule has 24 heavy (non-hydrogen) atoms. The van der Waals surface area contributed by atoms with Crippen molar-refractivity contribution >= 4 is 17.6 Å². The predicted octanol–water partition coefficient (Wildman–Crippen LogP) is 2.88. The average molecular weight is 327 g/mol. The minimum atomic E-state index is -1.02. The van der Waals surface area contributed by atoms with E-state index in [0.29, 0.717) is 22.7 Å². The van der Waals surface area contributed by atoms with Gasteiger partial charge in [-0.1, -0.05) is 18.2 Å². The molecule has 0 saturated heterocycles. The van der Waals surface area contributed by atoms with Crippen LogP contribution in [0.2, 0.25) is 0 Å². The molecule has 0 bridgehead atoms. The third kappa shape index (κ3) is 2.67. The van der Waals surface area contributed by atoms with Gasteiger partial charge < -0.3 is 19.9 Å². The summed E-state index contributed by atoms with van der Waals surface area (Å²) >= 11 is 0. The summed E-state index contributed by atoms with van der Waals surface area (Å²) in [5.74, 6) is -0.497. The Hall–Kier alpha value is -3.02. The van der Waals surface area contributed by atoms with Crippen LogP contribution in [0.25, 0.3) is 0 Å². The second-order valence-corrected chi connectivity index (χ2v) is 5.49. The Labute approximate surface area is 139 Å². The molecule has 124 valence electrons. The van der Waals surface area contributed by atoms with Gasteiger partial charge in [-0.2, -0.15) is 0 Å². The van der Waals surface area contributed by atoms with E-state index in [0.717, 1.165) is 5.56 Å². The molecule has 2 N–H and O–H groups in total. The average Bonchev–Trinajstić information content (AvgIpc) is 2.59. The fourth-order valence-electron chi connectivity index (χ4n) is 3.10. The van der Waals surface area contributed by atoms with E-state index in [9.17, 15) is 14.7 Å². The zero-order valence-electron chi connectivity index (χ0n) is 13.3. The van der Waals surface area contributed by atoms with E-state index >= 15 is 0 Å². The van der Waals surface area contributed by atoms with Crippen LogP contribution < -0.4 is 14.8 Å². The highest BCUT2D eigenvalue weighted by molar-refractivity contribution is 5.97. The van der Waals surface area contributed by atoms with Crippen molar-refractivity contribution in [3.8, 4) is 11.5 Å². The normalized spacial score (nSPS) is 16.1. The van der Waals surface area contributed by atoms with Crippen molar-refractivity contribution in [1.29, 1.82) is 0 Å². The number of hydrogen-bond acceptors (Lipinski definition) is 4. The molecule has 2 aromatic carbocycles. The van der Waals surface area contributed by atoms with Crippen molar-refractivity contribution in [2.75, 3.05) is 19.5 Å². The van der Waals surface area contributed by atoms with Crippen molar-refractivity contribution < 1.29 is 24.2 Å². The molecule has 1 heterocycles. The highest BCUT2D eigenvalue weighted by atomic mass is 16.5. The van der Waals surface area contributed by atoms with E-state index in [-0.39, 0.29) is 17.9 Å². The van der Waals surface area contributed by atoms with Crippen LogP contribution in [-0.4, -0.2) is 31.2 Å². The lowest BCUT2D eigenvalue weighted by atomic mass is 9.82. The Morgan fingerprint density at radius 1 is 1.21 bits per heavy atom. The van der Waals surface area contributed by atoms with Crippen molar-refractivity contribution in [1.82, 2.24) is 0 Å². The van der Waals surface area contributed by atoms with Crippen molar-refractivity contribution in [3.05, 3.63) is 53.1 Å². The number of carboxylic acids is 1. The van der Waals surface area contributed by atoms with Crippen LogP contribution in [0.4, 0.5) is 5.69 Å². The van der Waals surface area contributed by atoms with E-state index in [1.165, 1.54) is 14.2 Å².